The molecule has 80 valence electrons. The Labute approximate surface area is 99.1 Å². The molecule has 1 aromatic rings. The highest BCUT2D eigenvalue weighted by molar-refractivity contribution is 7.78. The summed E-state index contributed by atoms with van der Waals surface area (Å²) < 4.78 is 4.46. The topological polar surface area (TPSA) is 38.7 Å². The van der Waals surface area contributed by atoms with Crippen LogP contribution in [-0.2, 0) is 9.53 Å². The number of nitrogens with zero attached hydrogens (tertiary/aromatic N) is 1. The maximum absolute atomic E-state index is 10.8. The fourth-order valence-electron chi connectivity index (χ4n) is 0.963. The lowest BCUT2D eigenvalue weighted by molar-refractivity contribution is -0.139. The highest BCUT2D eigenvalue weighted by Crippen LogP contribution is 2.11. The van der Waals surface area contributed by atoms with Gasteiger partial charge < -0.3 is 4.74 Å². The molecular formula is C12H9NO2S. The highest BCUT2D eigenvalue weighted by atomic mass is 32.1. The van der Waals surface area contributed by atoms with Crippen molar-refractivity contribution in [2.75, 3.05) is 7.11 Å². The SMILES string of the molecule is COC(=O)CC#Cc1ccc(N=C=S)cc1. The summed E-state index contributed by atoms with van der Waals surface area (Å²) in [5.74, 6) is 5.21. The standard InChI is InChI=1S/C12H9NO2S/c1-15-12(14)4-2-3-10-5-7-11(8-6-10)13-9-16/h5-8H,4H2,1H3. The van der Waals surface area contributed by atoms with Crippen molar-refractivity contribution < 1.29 is 9.53 Å². The van der Waals surface area contributed by atoms with Crippen LogP contribution in [0, 0.1) is 11.8 Å². The van der Waals surface area contributed by atoms with Crippen molar-refractivity contribution in [3.8, 4) is 11.8 Å². The number of carbonyl (C=O) groups excluding carboxylic acids is 1. The number of hydrogen-bond donors (Lipinski definition) is 0. The zero-order chi connectivity index (χ0) is 11.8. The van der Waals surface area contributed by atoms with Crippen molar-refractivity contribution in [1.29, 1.82) is 0 Å². The summed E-state index contributed by atoms with van der Waals surface area (Å²) in [6.07, 6.45) is 0.0936. The Morgan fingerprint density at radius 3 is 2.69 bits per heavy atom. The minimum Gasteiger partial charge on any atom is -0.468 e. The molecule has 1 aromatic carbocycles. The van der Waals surface area contributed by atoms with E-state index in [1.165, 1.54) is 7.11 Å². The van der Waals surface area contributed by atoms with Crippen molar-refractivity contribution in [2.24, 2.45) is 4.99 Å². The number of hydrogen-bond acceptors (Lipinski definition) is 4. The van der Waals surface area contributed by atoms with Gasteiger partial charge in [0.15, 0.2) is 0 Å². The highest BCUT2D eigenvalue weighted by Gasteiger charge is 1.93. The first-order valence-electron chi connectivity index (χ1n) is 4.50. The third-order valence-electron chi connectivity index (χ3n) is 1.74. The van der Waals surface area contributed by atoms with Crippen molar-refractivity contribution >= 4 is 29.0 Å². The molecule has 0 atom stereocenters. The Hall–Kier alpha value is -1.95. The average molecular weight is 231 g/mol. The molecule has 0 saturated carbocycles. The molecule has 0 bridgehead atoms. The average Bonchev–Trinajstić information content (AvgIpc) is 2.31. The first-order chi connectivity index (χ1) is 7.76. The van der Waals surface area contributed by atoms with Gasteiger partial charge in [0.25, 0.3) is 0 Å². The molecule has 0 aromatic heterocycles. The van der Waals surface area contributed by atoms with Crippen LogP contribution >= 0.6 is 12.2 Å². The van der Waals surface area contributed by atoms with E-state index in [1.807, 2.05) is 0 Å². The lowest BCUT2D eigenvalue weighted by Crippen LogP contribution is -1.96. The molecule has 0 aliphatic rings. The largest absolute Gasteiger partial charge is 0.468 e. The number of esters is 1. The molecule has 0 aliphatic carbocycles. The van der Waals surface area contributed by atoms with Gasteiger partial charge in [0, 0.05) is 5.56 Å². The Bertz CT molecular complexity index is 476. The lowest BCUT2D eigenvalue weighted by atomic mass is 10.2. The normalized spacial score (nSPS) is 8.31. The number of benzene rings is 1. The Balaban J connectivity index is 2.68. The molecule has 0 fully saturated rings. The van der Waals surface area contributed by atoms with Gasteiger partial charge >= 0.3 is 5.97 Å². The van der Waals surface area contributed by atoms with Crippen LogP contribution in [0.3, 0.4) is 0 Å². The number of rotatable bonds is 2. The van der Waals surface area contributed by atoms with Gasteiger partial charge in [-0.25, -0.2) is 0 Å². The number of isothiocyanates is 1. The molecule has 0 radical (unpaired) electrons. The Morgan fingerprint density at radius 2 is 2.12 bits per heavy atom. The van der Waals surface area contributed by atoms with Gasteiger partial charge in [0.2, 0.25) is 0 Å². The maximum Gasteiger partial charge on any atom is 0.317 e. The van der Waals surface area contributed by atoms with Crippen LogP contribution in [0.15, 0.2) is 29.3 Å². The van der Waals surface area contributed by atoms with Crippen LogP contribution in [0.4, 0.5) is 5.69 Å². The van der Waals surface area contributed by atoms with Gasteiger partial charge in [-0.05, 0) is 36.5 Å². The quantitative estimate of drug-likeness (QED) is 0.339. The molecule has 0 unspecified atom stereocenters. The Kier molecular flexibility index (Phi) is 4.94. The summed E-state index contributed by atoms with van der Waals surface area (Å²) in [4.78, 5) is 14.6. The summed E-state index contributed by atoms with van der Waals surface area (Å²) in [6.45, 7) is 0. The summed E-state index contributed by atoms with van der Waals surface area (Å²) >= 11 is 4.48. The minimum atomic E-state index is -0.338. The summed E-state index contributed by atoms with van der Waals surface area (Å²) in [5.41, 5.74) is 1.54. The molecule has 4 heteroatoms. The second-order valence-corrected chi connectivity index (χ2v) is 2.99. The molecule has 3 nitrogen and oxygen atoms in total. The fourth-order valence-corrected chi connectivity index (χ4v) is 1.07. The van der Waals surface area contributed by atoms with Crippen LogP contribution in [0.25, 0.3) is 0 Å². The fraction of sp³-hybridized carbons (Fsp3) is 0.167. The number of thiocarbonyl (C=S) groups is 1. The van der Waals surface area contributed by atoms with Crippen molar-refractivity contribution in [1.82, 2.24) is 0 Å². The first kappa shape index (κ1) is 12.1. The molecule has 0 N–H and O–H groups in total. The third kappa shape index (κ3) is 4.05. The number of aliphatic imine (C=N–C) groups is 1. The van der Waals surface area contributed by atoms with Gasteiger partial charge in [-0.2, -0.15) is 4.99 Å². The minimum absolute atomic E-state index is 0.0936. The summed E-state index contributed by atoms with van der Waals surface area (Å²) in [7, 11) is 1.34. The zero-order valence-electron chi connectivity index (χ0n) is 8.69. The molecule has 0 spiro atoms. The molecule has 0 amide bonds. The van der Waals surface area contributed by atoms with Crippen molar-refractivity contribution in [2.45, 2.75) is 6.42 Å². The van der Waals surface area contributed by atoms with Crippen LogP contribution in [0.2, 0.25) is 0 Å². The van der Waals surface area contributed by atoms with Gasteiger partial charge in [-0.3, -0.25) is 4.79 Å². The molecule has 1 rings (SSSR count). The molecule has 0 aliphatic heterocycles. The van der Waals surface area contributed by atoms with Crippen molar-refractivity contribution in [3.05, 3.63) is 29.8 Å². The van der Waals surface area contributed by atoms with Crippen LogP contribution in [0.5, 0.6) is 0 Å². The molecule has 0 saturated heterocycles. The smallest absolute Gasteiger partial charge is 0.317 e. The number of ether oxygens (including phenoxy) is 1. The van der Waals surface area contributed by atoms with E-state index in [0.717, 1.165) is 11.3 Å². The second kappa shape index (κ2) is 6.52. The van der Waals surface area contributed by atoms with Gasteiger partial charge in [0.05, 0.1) is 18.0 Å². The third-order valence-corrected chi connectivity index (χ3v) is 1.83. The van der Waals surface area contributed by atoms with Gasteiger partial charge in [-0.15, -0.1) is 0 Å². The monoisotopic (exact) mass is 231 g/mol. The van der Waals surface area contributed by atoms with E-state index in [4.69, 9.17) is 0 Å². The van der Waals surface area contributed by atoms with E-state index in [0.29, 0.717) is 0 Å². The zero-order valence-corrected chi connectivity index (χ0v) is 9.50. The summed E-state index contributed by atoms with van der Waals surface area (Å²) in [5, 5.41) is 2.28. The van der Waals surface area contributed by atoms with E-state index >= 15 is 0 Å². The van der Waals surface area contributed by atoms with Crippen LogP contribution < -0.4 is 0 Å². The number of methoxy groups -OCH3 is 1. The molecule has 16 heavy (non-hydrogen) atoms. The lowest BCUT2D eigenvalue weighted by Gasteiger charge is -1.92. The Morgan fingerprint density at radius 1 is 1.44 bits per heavy atom. The second-order valence-electron chi connectivity index (χ2n) is 2.80. The van der Waals surface area contributed by atoms with Gasteiger partial charge in [-0.1, -0.05) is 11.8 Å². The van der Waals surface area contributed by atoms with Gasteiger partial charge in [0.1, 0.15) is 6.42 Å². The molecular weight excluding hydrogens is 222 g/mol. The van der Waals surface area contributed by atoms with E-state index in [1.54, 1.807) is 24.3 Å². The first-order valence-corrected chi connectivity index (χ1v) is 4.90. The van der Waals surface area contributed by atoms with Crippen molar-refractivity contribution in [3.63, 3.8) is 0 Å². The van der Waals surface area contributed by atoms with Crippen LogP contribution in [0.1, 0.15) is 12.0 Å². The maximum atomic E-state index is 10.8. The number of carbonyl (C=O) groups is 1. The van der Waals surface area contributed by atoms with E-state index in [-0.39, 0.29) is 12.4 Å². The van der Waals surface area contributed by atoms with E-state index < -0.39 is 0 Å². The van der Waals surface area contributed by atoms with E-state index in [9.17, 15) is 4.79 Å². The predicted molar refractivity (Wildman–Crippen MR) is 64.6 cm³/mol. The van der Waals surface area contributed by atoms with Crippen LogP contribution in [-0.4, -0.2) is 18.2 Å². The predicted octanol–water partition coefficient (Wildman–Crippen LogP) is 2.34. The molecule has 0 heterocycles. The summed E-state index contributed by atoms with van der Waals surface area (Å²) in [6, 6.07) is 7.16. The van der Waals surface area contributed by atoms with E-state index in [2.05, 4.69) is 38.9 Å².